The van der Waals surface area contributed by atoms with Crippen LogP contribution < -0.4 is 9.80 Å². The third-order valence-corrected chi connectivity index (χ3v) is 11.4. The molecule has 250 valence electrons. The molecule has 0 fully saturated rings. The maximum absolute atomic E-state index is 5.06. The second-order valence-corrected chi connectivity index (χ2v) is 15.0. The molecule has 7 heterocycles. The average molecular weight is 666 g/mol. The van der Waals surface area contributed by atoms with Crippen LogP contribution in [-0.4, -0.2) is 27.0 Å². The van der Waals surface area contributed by atoms with Gasteiger partial charge in [0.25, 0.3) is 0 Å². The topological polar surface area (TPSA) is 61.9 Å². The van der Waals surface area contributed by atoms with Gasteiger partial charge in [0.1, 0.15) is 11.6 Å². The smallest absolute Gasteiger partial charge is 0.137 e. The molecule has 7 heteroatoms. The van der Waals surface area contributed by atoms with Crippen LogP contribution in [0.2, 0.25) is 0 Å². The minimum Gasteiger partial charge on any atom is -0.309 e. The lowest BCUT2D eigenvalue weighted by Gasteiger charge is -2.42. The number of nitrogens with zero attached hydrogens (tertiary/aromatic N) is 7. The fourth-order valence-corrected chi connectivity index (χ4v) is 8.96. The van der Waals surface area contributed by atoms with E-state index in [4.69, 9.17) is 20.0 Å². The predicted molar refractivity (Wildman–Crippen MR) is 209 cm³/mol. The van der Waals surface area contributed by atoms with Crippen molar-refractivity contribution in [2.75, 3.05) is 9.80 Å². The summed E-state index contributed by atoms with van der Waals surface area (Å²) >= 11 is 0. The van der Waals surface area contributed by atoms with E-state index in [1.165, 1.54) is 21.9 Å². The van der Waals surface area contributed by atoms with E-state index in [1.807, 2.05) is 24.5 Å². The van der Waals surface area contributed by atoms with Gasteiger partial charge in [-0.15, -0.1) is 0 Å². The van der Waals surface area contributed by atoms with Gasteiger partial charge >= 0.3 is 0 Å². The zero-order valence-corrected chi connectivity index (χ0v) is 29.4. The molecule has 0 aliphatic carbocycles. The standard InChI is InChI=1S/C44H39N7/c1-43(2)33-14-8-24-47-41(33)50(37-16-10-22-45-39(37)43)29-18-20-35-31(26-29)32-27-30(19-21-36(32)49(35)28-12-6-5-7-13-28)51-38-17-11-23-46-40(38)44(3,4)34-15-9-25-48-42(34)51/h5-7,10-13,16-27H,8-9,14-15H2,1-4H3. The van der Waals surface area contributed by atoms with Crippen LogP contribution in [0.25, 0.3) is 27.5 Å². The molecule has 0 spiro atoms. The number of hydrogen-bond acceptors (Lipinski definition) is 6. The lowest BCUT2D eigenvalue weighted by Crippen LogP contribution is -2.36. The van der Waals surface area contributed by atoms with Gasteiger partial charge in [-0.2, -0.15) is 0 Å². The normalized spacial score (nSPS) is 18.6. The Balaban J connectivity index is 1.23. The Kier molecular flexibility index (Phi) is 6.38. The van der Waals surface area contributed by atoms with Crippen molar-refractivity contribution in [3.8, 4) is 5.69 Å². The summed E-state index contributed by atoms with van der Waals surface area (Å²) in [6.07, 6.45) is 11.8. The second-order valence-electron chi connectivity index (χ2n) is 15.0. The Morgan fingerprint density at radius 1 is 0.529 bits per heavy atom. The summed E-state index contributed by atoms with van der Waals surface area (Å²) in [7, 11) is 0. The van der Waals surface area contributed by atoms with Crippen molar-refractivity contribution in [1.29, 1.82) is 0 Å². The van der Waals surface area contributed by atoms with Crippen molar-refractivity contribution in [3.05, 3.63) is 138 Å². The Hall–Kier alpha value is -5.82. The fraction of sp³-hybridized carbons (Fsp3) is 0.227. The maximum Gasteiger partial charge on any atom is 0.137 e. The summed E-state index contributed by atoms with van der Waals surface area (Å²) in [5.74, 6) is 2.04. The lowest BCUT2D eigenvalue weighted by molar-refractivity contribution is 0.550. The minimum atomic E-state index is -0.203. The van der Waals surface area contributed by atoms with Gasteiger partial charge in [0, 0.05) is 63.5 Å². The Labute approximate surface area is 298 Å². The zero-order valence-electron chi connectivity index (χ0n) is 29.4. The van der Waals surface area contributed by atoms with E-state index in [2.05, 4.69) is 133 Å². The first-order valence-corrected chi connectivity index (χ1v) is 18.0. The van der Waals surface area contributed by atoms with Gasteiger partial charge in [-0.1, -0.05) is 45.9 Å². The summed E-state index contributed by atoms with van der Waals surface area (Å²) < 4.78 is 2.38. The largest absolute Gasteiger partial charge is 0.309 e. The van der Waals surface area contributed by atoms with E-state index in [0.29, 0.717) is 0 Å². The number of hydrogen-bond donors (Lipinski definition) is 0. The highest BCUT2D eigenvalue weighted by Crippen LogP contribution is 2.52. The number of aromatic nitrogens is 3. The molecule has 0 bridgehead atoms. The van der Waals surface area contributed by atoms with Crippen molar-refractivity contribution in [3.63, 3.8) is 0 Å². The first kappa shape index (κ1) is 30.0. The molecular weight excluding hydrogens is 627 g/mol. The maximum atomic E-state index is 5.06. The van der Waals surface area contributed by atoms with Gasteiger partial charge in [0.05, 0.1) is 33.8 Å². The molecule has 51 heavy (non-hydrogen) atoms. The highest BCUT2D eigenvalue weighted by Gasteiger charge is 2.42. The molecule has 0 saturated heterocycles. The van der Waals surface area contributed by atoms with Crippen molar-refractivity contribution in [2.24, 2.45) is 9.98 Å². The van der Waals surface area contributed by atoms with E-state index < -0.39 is 0 Å². The first-order valence-electron chi connectivity index (χ1n) is 18.0. The van der Waals surface area contributed by atoms with Gasteiger partial charge < -0.3 is 4.57 Å². The van der Waals surface area contributed by atoms with E-state index in [9.17, 15) is 0 Å². The summed E-state index contributed by atoms with van der Waals surface area (Å²) in [6, 6.07) is 32.8. The van der Waals surface area contributed by atoms with Gasteiger partial charge in [0.2, 0.25) is 0 Å². The van der Waals surface area contributed by atoms with Crippen LogP contribution in [0.15, 0.2) is 136 Å². The molecule has 7 nitrogen and oxygen atoms in total. The Morgan fingerprint density at radius 2 is 1.02 bits per heavy atom. The molecule has 10 rings (SSSR count). The summed E-state index contributed by atoms with van der Waals surface area (Å²) in [6.45, 7) is 9.16. The van der Waals surface area contributed by atoms with Crippen molar-refractivity contribution >= 4 is 57.0 Å². The van der Waals surface area contributed by atoms with E-state index in [0.717, 1.165) is 88.2 Å². The average Bonchev–Trinajstić information content (AvgIpc) is 3.49. The van der Waals surface area contributed by atoms with E-state index in [1.54, 1.807) is 0 Å². The molecule has 0 atom stereocenters. The highest BCUT2D eigenvalue weighted by atomic mass is 15.3. The number of benzene rings is 3. The van der Waals surface area contributed by atoms with E-state index >= 15 is 0 Å². The summed E-state index contributed by atoms with van der Waals surface area (Å²) in [4.78, 5) is 24.7. The number of aliphatic imine (C=N–C) groups is 2. The van der Waals surface area contributed by atoms with Crippen LogP contribution in [-0.2, 0) is 10.8 Å². The molecule has 0 amide bonds. The summed E-state index contributed by atoms with van der Waals surface area (Å²) in [5.41, 5.74) is 12.2. The molecule has 0 radical (unpaired) electrons. The highest BCUT2D eigenvalue weighted by molar-refractivity contribution is 6.12. The molecule has 4 aliphatic heterocycles. The van der Waals surface area contributed by atoms with Crippen LogP contribution in [0.3, 0.4) is 0 Å². The first-order chi connectivity index (χ1) is 24.8. The SMILES string of the molecule is CC1(C)C2=C(N=CCC2)N(c2ccc3c(c2)c2cc(N4C5=C(CCC=N5)C(C)(C)c5ncccc54)ccc2n3-c2ccccc2)c2cccnc21. The second kappa shape index (κ2) is 10.8. The van der Waals surface area contributed by atoms with Crippen LogP contribution in [0, 0.1) is 0 Å². The molecule has 6 aromatic rings. The quantitative estimate of drug-likeness (QED) is 0.189. The third kappa shape index (κ3) is 4.24. The van der Waals surface area contributed by atoms with Crippen LogP contribution in [0.4, 0.5) is 22.7 Å². The molecule has 3 aromatic carbocycles. The van der Waals surface area contributed by atoms with Crippen molar-refractivity contribution < 1.29 is 0 Å². The number of allylic oxidation sites excluding steroid dienone is 2. The van der Waals surface area contributed by atoms with Gasteiger partial charge in [-0.25, -0.2) is 9.98 Å². The molecule has 3 aromatic heterocycles. The Bertz CT molecular complexity index is 2390. The predicted octanol–water partition coefficient (Wildman–Crippen LogP) is 10.6. The van der Waals surface area contributed by atoms with Gasteiger partial charge in [-0.05, 0) is 110 Å². The van der Waals surface area contributed by atoms with Crippen LogP contribution >= 0.6 is 0 Å². The number of anilines is 4. The molecule has 4 aliphatic rings. The molecule has 0 N–H and O–H groups in total. The lowest BCUT2D eigenvalue weighted by atomic mass is 9.74. The van der Waals surface area contributed by atoms with Gasteiger partial charge in [0.15, 0.2) is 0 Å². The number of fused-ring (bicyclic) bond motifs is 5. The molecule has 0 saturated carbocycles. The van der Waals surface area contributed by atoms with Crippen molar-refractivity contribution in [1.82, 2.24) is 14.5 Å². The summed E-state index contributed by atoms with van der Waals surface area (Å²) in [5, 5.41) is 2.35. The molecule has 0 unspecified atom stereocenters. The van der Waals surface area contributed by atoms with Gasteiger partial charge in [-0.3, -0.25) is 19.8 Å². The minimum absolute atomic E-state index is 0.203. The zero-order chi connectivity index (χ0) is 34.5. The Morgan fingerprint density at radius 3 is 1.51 bits per heavy atom. The fourth-order valence-electron chi connectivity index (χ4n) is 8.96. The van der Waals surface area contributed by atoms with E-state index in [-0.39, 0.29) is 10.8 Å². The van der Waals surface area contributed by atoms with Crippen molar-refractivity contribution in [2.45, 2.75) is 64.2 Å². The number of pyridine rings is 2. The van der Waals surface area contributed by atoms with Crippen LogP contribution in [0.1, 0.15) is 64.8 Å². The molecular formula is C44H39N7. The monoisotopic (exact) mass is 665 g/mol. The van der Waals surface area contributed by atoms with Crippen LogP contribution in [0.5, 0.6) is 0 Å². The number of rotatable bonds is 3. The third-order valence-electron chi connectivity index (χ3n) is 11.4. The number of para-hydroxylation sites is 1.